The standard InChI is InChI=1S/C14H19N3O3/c1-4-5-6-16-11-8-12(17(19)20)10(15)7-9(11)14(2,3)13(16)18/h7-8H,4-6,15H2,1-3H3. The van der Waals surface area contributed by atoms with E-state index in [1.165, 1.54) is 6.07 Å². The Kier molecular flexibility index (Phi) is 3.41. The Labute approximate surface area is 117 Å². The highest BCUT2D eigenvalue weighted by Crippen LogP contribution is 2.45. The SMILES string of the molecule is CCCCN1C(=O)C(C)(C)c2cc(N)c([N+](=O)[O-])cc21. The largest absolute Gasteiger partial charge is 0.393 e. The predicted molar refractivity (Wildman–Crippen MR) is 77.8 cm³/mol. The minimum Gasteiger partial charge on any atom is -0.393 e. The molecule has 108 valence electrons. The topological polar surface area (TPSA) is 89.5 Å². The van der Waals surface area contributed by atoms with Gasteiger partial charge < -0.3 is 10.6 Å². The van der Waals surface area contributed by atoms with Crippen LogP contribution in [0.25, 0.3) is 0 Å². The molecule has 0 radical (unpaired) electrons. The molecule has 0 bridgehead atoms. The zero-order valence-corrected chi connectivity index (χ0v) is 12.0. The molecule has 1 aliphatic heterocycles. The highest BCUT2D eigenvalue weighted by Gasteiger charge is 2.44. The first-order valence-corrected chi connectivity index (χ1v) is 6.71. The molecule has 0 saturated heterocycles. The van der Waals surface area contributed by atoms with Crippen molar-refractivity contribution in [3.8, 4) is 0 Å². The molecule has 0 aliphatic carbocycles. The number of nitro groups is 1. The third kappa shape index (κ3) is 2.01. The third-order valence-corrected chi connectivity index (χ3v) is 3.82. The molecule has 0 saturated carbocycles. The summed E-state index contributed by atoms with van der Waals surface area (Å²) in [4.78, 5) is 24.6. The quantitative estimate of drug-likeness (QED) is 0.520. The van der Waals surface area contributed by atoms with Crippen molar-refractivity contribution < 1.29 is 9.72 Å². The molecular weight excluding hydrogens is 258 g/mol. The van der Waals surface area contributed by atoms with E-state index >= 15 is 0 Å². The molecule has 0 atom stereocenters. The van der Waals surface area contributed by atoms with Crippen LogP contribution in [0.15, 0.2) is 12.1 Å². The number of amides is 1. The van der Waals surface area contributed by atoms with Crippen molar-refractivity contribution in [1.29, 1.82) is 0 Å². The fourth-order valence-electron chi connectivity index (χ4n) is 2.58. The van der Waals surface area contributed by atoms with Crippen LogP contribution in [0.4, 0.5) is 17.1 Å². The molecule has 1 aromatic carbocycles. The molecule has 0 aromatic heterocycles. The molecule has 20 heavy (non-hydrogen) atoms. The van der Waals surface area contributed by atoms with Gasteiger partial charge in [-0.2, -0.15) is 0 Å². The second kappa shape index (κ2) is 4.77. The van der Waals surface area contributed by atoms with Gasteiger partial charge in [0.15, 0.2) is 0 Å². The molecule has 0 unspecified atom stereocenters. The molecule has 2 rings (SSSR count). The maximum absolute atomic E-state index is 12.5. The number of fused-ring (bicyclic) bond motifs is 1. The number of rotatable bonds is 4. The van der Waals surface area contributed by atoms with Gasteiger partial charge in [0.05, 0.1) is 16.0 Å². The number of nitrogens with two attached hydrogens (primary N) is 1. The van der Waals surface area contributed by atoms with Gasteiger partial charge in [0.2, 0.25) is 5.91 Å². The van der Waals surface area contributed by atoms with Crippen LogP contribution < -0.4 is 10.6 Å². The van der Waals surface area contributed by atoms with Crippen molar-refractivity contribution in [2.24, 2.45) is 0 Å². The van der Waals surface area contributed by atoms with Crippen molar-refractivity contribution in [3.63, 3.8) is 0 Å². The first-order valence-electron chi connectivity index (χ1n) is 6.71. The summed E-state index contributed by atoms with van der Waals surface area (Å²) in [6, 6.07) is 2.99. The van der Waals surface area contributed by atoms with E-state index in [0.29, 0.717) is 12.2 Å². The van der Waals surface area contributed by atoms with E-state index in [4.69, 9.17) is 5.73 Å². The lowest BCUT2D eigenvalue weighted by Gasteiger charge is -2.19. The van der Waals surface area contributed by atoms with Crippen molar-refractivity contribution in [1.82, 2.24) is 0 Å². The van der Waals surface area contributed by atoms with Gasteiger partial charge in [-0.05, 0) is 31.9 Å². The normalized spacial score (nSPS) is 16.4. The number of nitrogen functional groups attached to an aromatic ring is 1. The average Bonchev–Trinajstić information content (AvgIpc) is 2.55. The van der Waals surface area contributed by atoms with E-state index in [2.05, 4.69) is 0 Å². The molecule has 2 N–H and O–H groups in total. The number of hydrogen-bond donors (Lipinski definition) is 1. The van der Waals surface area contributed by atoms with Crippen LogP contribution in [0, 0.1) is 10.1 Å². The molecule has 1 aliphatic rings. The van der Waals surface area contributed by atoms with Gasteiger partial charge in [0, 0.05) is 12.6 Å². The van der Waals surface area contributed by atoms with Crippen molar-refractivity contribution in [3.05, 3.63) is 27.8 Å². The van der Waals surface area contributed by atoms with Crippen LogP contribution in [0.5, 0.6) is 0 Å². The summed E-state index contributed by atoms with van der Waals surface area (Å²) in [6.07, 6.45) is 1.82. The number of carbonyl (C=O) groups excluding carboxylic acids is 1. The van der Waals surface area contributed by atoms with Crippen LogP contribution in [0.1, 0.15) is 39.2 Å². The van der Waals surface area contributed by atoms with Gasteiger partial charge >= 0.3 is 0 Å². The van der Waals surface area contributed by atoms with E-state index < -0.39 is 10.3 Å². The van der Waals surface area contributed by atoms with E-state index in [1.54, 1.807) is 11.0 Å². The zero-order valence-electron chi connectivity index (χ0n) is 12.0. The van der Waals surface area contributed by atoms with Crippen LogP contribution in [0.2, 0.25) is 0 Å². The lowest BCUT2D eigenvalue weighted by atomic mass is 9.86. The Hall–Kier alpha value is -2.11. The summed E-state index contributed by atoms with van der Waals surface area (Å²) in [7, 11) is 0. The minimum absolute atomic E-state index is 0.0270. The first-order chi connectivity index (χ1) is 9.30. The van der Waals surface area contributed by atoms with E-state index in [9.17, 15) is 14.9 Å². The number of carbonyl (C=O) groups is 1. The van der Waals surface area contributed by atoms with Gasteiger partial charge in [-0.3, -0.25) is 14.9 Å². The highest BCUT2D eigenvalue weighted by molar-refractivity contribution is 6.08. The Bertz CT molecular complexity index is 581. The fourth-order valence-corrected chi connectivity index (χ4v) is 2.58. The molecule has 6 heteroatoms. The van der Waals surface area contributed by atoms with Crippen LogP contribution in [-0.4, -0.2) is 17.4 Å². The predicted octanol–water partition coefficient (Wildman–Crippen LogP) is 2.60. The Morgan fingerprint density at radius 3 is 2.60 bits per heavy atom. The van der Waals surface area contributed by atoms with E-state index in [0.717, 1.165) is 18.4 Å². The number of benzene rings is 1. The molecule has 1 aromatic rings. The van der Waals surface area contributed by atoms with Gasteiger partial charge in [-0.15, -0.1) is 0 Å². The zero-order chi connectivity index (χ0) is 15.1. The lowest BCUT2D eigenvalue weighted by molar-refractivity contribution is -0.383. The van der Waals surface area contributed by atoms with E-state index in [-0.39, 0.29) is 17.3 Å². The summed E-state index contributed by atoms with van der Waals surface area (Å²) in [5.74, 6) is -0.0270. The first kappa shape index (κ1) is 14.3. The number of nitrogens with zero attached hydrogens (tertiary/aromatic N) is 2. The van der Waals surface area contributed by atoms with Crippen LogP contribution in [0.3, 0.4) is 0 Å². The smallest absolute Gasteiger partial charge is 0.294 e. The van der Waals surface area contributed by atoms with E-state index in [1.807, 2.05) is 20.8 Å². The van der Waals surface area contributed by atoms with Gasteiger partial charge in [-0.1, -0.05) is 13.3 Å². The van der Waals surface area contributed by atoms with Gasteiger partial charge in [-0.25, -0.2) is 0 Å². The van der Waals surface area contributed by atoms with Crippen molar-refractivity contribution in [2.75, 3.05) is 17.2 Å². The lowest BCUT2D eigenvalue weighted by Crippen LogP contribution is -2.36. The molecule has 0 spiro atoms. The molecule has 6 nitrogen and oxygen atoms in total. The number of hydrogen-bond acceptors (Lipinski definition) is 4. The Morgan fingerprint density at radius 1 is 1.40 bits per heavy atom. The second-order valence-electron chi connectivity index (χ2n) is 5.62. The molecule has 0 fully saturated rings. The number of unbranched alkanes of at least 4 members (excludes halogenated alkanes) is 1. The molecule has 1 heterocycles. The summed E-state index contributed by atoms with van der Waals surface area (Å²) >= 11 is 0. The summed E-state index contributed by atoms with van der Waals surface area (Å²) in [5.41, 5.74) is 6.39. The van der Waals surface area contributed by atoms with Gasteiger partial charge in [0.1, 0.15) is 5.69 Å². The second-order valence-corrected chi connectivity index (χ2v) is 5.62. The molecule has 1 amide bonds. The highest BCUT2D eigenvalue weighted by atomic mass is 16.6. The minimum atomic E-state index is -0.688. The van der Waals surface area contributed by atoms with Crippen molar-refractivity contribution >= 4 is 23.0 Å². The maximum Gasteiger partial charge on any atom is 0.294 e. The van der Waals surface area contributed by atoms with Crippen LogP contribution >= 0.6 is 0 Å². The van der Waals surface area contributed by atoms with Crippen LogP contribution in [-0.2, 0) is 10.2 Å². The van der Waals surface area contributed by atoms with Crippen molar-refractivity contribution in [2.45, 2.75) is 39.0 Å². The fraction of sp³-hybridized carbons (Fsp3) is 0.500. The maximum atomic E-state index is 12.5. The third-order valence-electron chi connectivity index (χ3n) is 3.82. The number of nitro benzene ring substituents is 1. The number of anilines is 2. The summed E-state index contributed by atoms with van der Waals surface area (Å²) < 4.78 is 0. The Morgan fingerprint density at radius 2 is 2.05 bits per heavy atom. The summed E-state index contributed by atoms with van der Waals surface area (Å²) in [6.45, 7) is 6.27. The monoisotopic (exact) mass is 277 g/mol. The van der Waals surface area contributed by atoms with Gasteiger partial charge in [0.25, 0.3) is 5.69 Å². The average molecular weight is 277 g/mol. The molecular formula is C14H19N3O3. The summed E-state index contributed by atoms with van der Waals surface area (Å²) in [5, 5.41) is 11.0. The Balaban J connectivity index is 2.57.